The Kier molecular flexibility index (Phi) is 3.71. The Bertz CT molecular complexity index is 820. The molecule has 0 aliphatic carbocycles. The van der Waals surface area contributed by atoms with Gasteiger partial charge in [-0.05, 0) is 35.9 Å². The molecular weight excluding hydrogens is 282 g/mol. The van der Waals surface area contributed by atoms with Crippen molar-refractivity contribution in [3.8, 4) is 11.8 Å². The number of nitriles is 1. The summed E-state index contributed by atoms with van der Waals surface area (Å²) in [6.07, 6.45) is 0. The molecule has 4 nitrogen and oxygen atoms in total. The van der Waals surface area contributed by atoms with E-state index >= 15 is 0 Å². The van der Waals surface area contributed by atoms with Crippen molar-refractivity contribution in [3.63, 3.8) is 0 Å². The van der Waals surface area contributed by atoms with Crippen LogP contribution >= 0.6 is 11.3 Å². The lowest BCUT2D eigenvalue weighted by molar-refractivity contribution is 0.413. The second-order valence-electron chi connectivity index (χ2n) is 4.53. The Morgan fingerprint density at radius 3 is 3.00 bits per heavy atom. The molecule has 0 spiro atoms. The van der Waals surface area contributed by atoms with E-state index in [0.29, 0.717) is 17.9 Å². The maximum atomic E-state index is 9.10. The third-order valence-corrected chi connectivity index (χ3v) is 4.00. The highest BCUT2D eigenvalue weighted by molar-refractivity contribution is 7.16. The van der Waals surface area contributed by atoms with Crippen LogP contribution < -0.4 is 10.1 Å². The van der Waals surface area contributed by atoms with Gasteiger partial charge in [-0.2, -0.15) is 5.26 Å². The van der Waals surface area contributed by atoms with Gasteiger partial charge in [0.05, 0.1) is 28.4 Å². The standard InChI is InChI=1S/C16H13N3OS/c1-20-15-5-2-11(6-12(15)8-17)9-18-13-3-4-14-16(7-13)21-10-19-14/h2-7,10,18H,9H2,1H3. The average molecular weight is 295 g/mol. The van der Waals surface area contributed by atoms with Crippen molar-refractivity contribution in [1.82, 2.24) is 4.98 Å². The molecule has 2 aromatic carbocycles. The van der Waals surface area contributed by atoms with Crippen molar-refractivity contribution in [1.29, 1.82) is 5.26 Å². The van der Waals surface area contributed by atoms with Crippen LogP contribution in [0.1, 0.15) is 11.1 Å². The summed E-state index contributed by atoms with van der Waals surface area (Å²) in [5.74, 6) is 0.604. The summed E-state index contributed by atoms with van der Waals surface area (Å²) >= 11 is 1.62. The molecule has 1 heterocycles. The first-order valence-electron chi connectivity index (χ1n) is 6.44. The molecule has 0 fully saturated rings. The summed E-state index contributed by atoms with van der Waals surface area (Å²) in [6, 6.07) is 13.9. The largest absolute Gasteiger partial charge is 0.495 e. The van der Waals surface area contributed by atoms with Crippen LogP contribution in [0.5, 0.6) is 5.75 Å². The molecule has 1 aromatic heterocycles. The van der Waals surface area contributed by atoms with Crippen LogP contribution in [-0.2, 0) is 6.54 Å². The van der Waals surface area contributed by atoms with E-state index in [1.165, 1.54) is 0 Å². The Hall–Kier alpha value is -2.58. The van der Waals surface area contributed by atoms with Crippen molar-refractivity contribution in [2.75, 3.05) is 12.4 Å². The number of anilines is 1. The first kappa shape index (κ1) is 13.4. The number of rotatable bonds is 4. The number of hydrogen-bond donors (Lipinski definition) is 1. The van der Waals surface area contributed by atoms with Gasteiger partial charge in [0.15, 0.2) is 0 Å². The minimum absolute atomic E-state index is 0.551. The highest BCUT2D eigenvalue weighted by atomic mass is 32.1. The van der Waals surface area contributed by atoms with Crippen molar-refractivity contribution in [2.45, 2.75) is 6.54 Å². The number of thiazole rings is 1. The lowest BCUT2D eigenvalue weighted by Crippen LogP contribution is -2.00. The fourth-order valence-electron chi connectivity index (χ4n) is 2.12. The van der Waals surface area contributed by atoms with Gasteiger partial charge in [0.25, 0.3) is 0 Å². The van der Waals surface area contributed by atoms with Gasteiger partial charge in [-0.3, -0.25) is 0 Å². The van der Waals surface area contributed by atoms with Crippen LogP contribution in [0.3, 0.4) is 0 Å². The SMILES string of the molecule is COc1ccc(CNc2ccc3ncsc3c2)cc1C#N. The highest BCUT2D eigenvalue weighted by Crippen LogP contribution is 2.23. The van der Waals surface area contributed by atoms with Gasteiger partial charge >= 0.3 is 0 Å². The van der Waals surface area contributed by atoms with Gasteiger partial charge in [-0.25, -0.2) is 4.98 Å². The van der Waals surface area contributed by atoms with Crippen LogP contribution in [0.15, 0.2) is 41.9 Å². The van der Waals surface area contributed by atoms with Gasteiger partial charge in [-0.1, -0.05) is 6.07 Å². The molecule has 0 saturated heterocycles. The van der Waals surface area contributed by atoms with Gasteiger partial charge < -0.3 is 10.1 Å². The Morgan fingerprint density at radius 2 is 2.19 bits per heavy atom. The van der Waals surface area contributed by atoms with Crippen LogP contribution in [-0.4, -0.2) is 12.1 Å². The molecule has 0 radical (unpaired) electrons. The number of benzene rings is 2. The van der Waals surface area contributed by atoms with E-state index in [2.05, 4.69) is 22.4 Å². The van der Waals surface area contributed by atoms with Crippen LogP contribution in [0.2, 0.25) is 0 Å². The van der Waals surface area contributed by atoms with E-state index < -0.39 is 0 Å². The Morgan fingerprint density at radius 1 is 1.29 bits per heavy atom. The van der Waals surface area contributed by atoms with Crippen molar-refractivity contribution in [2.24, 2.45) is 0 Å². The van der Waals surface area contributed by atoms with Crippen LogP contribution in [0.25, 0.3) is 10.2 Å². The van der Waals surface area contributed by atoms with Crippen molar-refractivity contribution >= 4 is 27.2 Å². The third kappa shape index (κ3) is 2.81. The molecule has 0 aliphatic heterocycles. The number of nitrogens with zero attached hydrogens (tertiary/aromatic N) is 2. The molecular formula is C16H13N3OS. The van der Waals surface area contributed by atoms with Gasteiger partial charge in [-0.15, -0.1) is 11.3 Å². The normalized spacial score (nSPS) is 10.3. The lowest BCUT2D eigenvalue weighted by atomic mass is 10.1. The number of nitrogens with one attached hydrogen (secondary N) is 1. The molecule has 21 heavy (non-hydrogen) atoms. The molecule has 0 unspecified atom stereocenters. The summed E-state index contributed by atoms with van der Waals surface area (Å²) < 4.78 is 6.30. The molecule has 0 saturated carbocycles. The van der Waals surface area contributed by atoms with E-state index in [-0.39, 0.29) is 0 Å². The number of fused-ring (bicyclic) bond motifs is 1. The second kappa shape index (κ2) is 5.81. The Labute approximate surface area is 126 Å². The molecule has 0 atom stereocenters. The van der Waals surface area contributed by atoms with Gasteiger partial charge in [0, 0.05) is 12.2 Å². The van der Waals surface area contributed by atoms with E-state index in [0.717, 1.165) is 21.5 Å². The van der Waals surface area contributed by atoms with E-state index in [4.69, 9.17) is 10.00 Å². The van der Waals surface area contributed by atoms with E-state index in [9.17, 15) is 0 Å². The maximum Gasteiger partial charge on any atom is 0.136 e. The van der Waals surface area contributed by atoms with E-state index in [1.54, 1.807) is 18.4 Å². The molecule has 3 aromatic rings. The van der Waals surface area contributed by atoms with Gasteiger partial charge in [0.1, 0.15) is 11.8 Å². The minimum Gasteiger partial charge on any atom is -0.495 e. The molecule has 0 aliphatic rings. The second-order valence-corrected chi connectivity index (χ2v) is 5.42. The zero-order valence-corrected chi connectivity index (χ0v) is 12.3. The Balaban J connectivity index is 1.76. The lowest BCUT2D eigenvalue weighted by Gasteiger charge is -2.08. The topological polar surface area (TPSA) is 57.9 Å². The minimum atomic E-state index is 0.551. The molecule has 1 N–H and O–H groups in total. The quantitative estimate of drug-likeness (QED) is 0.795. The summed E-state index contributed by atoms with van der Waals surface area (Å²) in [7, 11) is 1.57. The summed E-state index contributed by atoms with van der Waals surface area (Å²) in [4.78, 5) is 4.26. The number of aromatic nitrogens is 1. The average Bonchev–Trinajstić information content (AvgIpc) is 3.00. The number of hydrogen-bond acceptors (Lipinski definition) is 5. The van der Waals surface area contributed by atoms with Crippen LogP contribution in [0.4, 0.5) is 5.69 Å². The predicted octanol–water partition coefficient (Wildman–Crippen LogP) is 3.79. The molecule has 3 rings (SSSR count). The summed E-state index contributed by atoms with van der Waals surface area (Å²) in [6.45, 7) is 0.656. The van der Waals surface area contributed by atoms with Crippen LogP contribution in [0, 0.1) is 11.3 Å². The predicted molar refractivity (Wildman–Crippen MR) is 84.7 cm³/mol. The summed E-state index contributed by atoms with van der Waals surface area (Å²) in [5.41, 5.74) is 5.49. The first-order chi connectivity index (χ1) is 10.3. The smallest absolute Gasteiger partial charge is 0.136 e. The number of methoxy groups -OCH3 is 1. The molecule has 0 amide bonds. The number of ether oxygens (including phenoxy) is 1. The van der Waals surface area contributed by atoms with E-state index in [1.807, 2.05) is 35.8 Å². The fourth-order valence-corrected chi connectivity index (χ4v) is 2.84. The first-order valence-corrected chi connectivity index (χ1v) is 7.32. The molecule has 0 bridgehead atoms. The van der Waals surface area contributed by atoms with Crippen molar-refractivity contribution in [3.05, 3.63) is 53.0 Å². The van der Waals surface area contributed by atoms with Crippen molar-refractivity contribution < 1.29 is 4.74 Å². The molecule has 5 heteroatoms. The van der Waals surface area contributed by atoms with Gasteiger partial charge in [0.2, 0.25) is 0 Å². The third-order valence-electron chi connectivity index (χ3n) is 3.21. The zero-order chi connectivity index (χ0) is 14.7. The highest BCUT2D eigenvalue weighted by Gasteiger charge is 2.04. The molecule has 104 valence electrons. The fraction of sp³-hybridized carbons (Fsp3) is 0.125. The zero-order valence-electron chi connectivity index (χ0n) is 11.5. The monoisotopic (exact) mass is 295 g/mol. The summed E-state index contributed by atoms with van der Waals surface area (Å²) in [5, 5.41) is 12.5. The maximum absolute atomic E-state index is 9.10.